The number of piperidine rings is 1. The van der Waals surface area contributed by atoms with Crippen molar-refractivity contribution in [1.82, 2.24) is 10.6 Å². The van der Waals surface area contributed by atoms with Gasteiger partial charge in [-0.1, -0.05) is 13.8 Å². The van der Waals surface area contributed by atoms with Crippen LogP contribution in [0.5, 0.6) is 0 Å². The minimum Gasteiger partial charge on any atom is -0.356 e. The maximum Gasteiger partial charge on any atom is 0.222 e. The molecule has 1 aliphatic heterocycles. The number of carbonyl (C=O) groups excluding carboxylic acids is 1. The molecule has 0 spiro atoms. The van der Waals surface area contributed by atoms with Crippen molar-refractivity contribution >= 4 is 18.3 Å². The first kappa shape index (κ1) is 15.7. The zero-order valence-corrected chi connectivity index (χ0v) is 11.2. The number of rotatable bonds is 5. The predicted octanol–water partition coefficient (Wildman–Crippen LogP) is 1.96. The molecule has 1 rings (SSSR count). The largest absolute Gasteiger partial charge is 0.356 e. The van der Waals surface area contributed by atoms with Crippen LogP contribution in [0.2, 0.25) is 0 Å². The van der Waals surface area contributed by atoms with E-state index in [-0.39, 0.29) is 24.2 Å². The summed E-state index contributed by atoms with van der Waals surface area (Å²) >= 11 is 0. The first-order valence-corrected chi connectivity index (χ1v) is 6.22. The summed E-state index contributed by atoms with van der Waals surface area (Å²) in [4.78, 5) is 11.5. The Morgan fingerprint density at radius 2 is 2.31 bits per heavy atom. The van der Waals surface area contributed by atoms with Crippen LogP contribution >= 0.6 is 12.4 Å². The number of nitrogens with one attached hydrogen (secondary N) is 2. The molecule has 0 bridgehead atoms. The van der Waals surface area contributed by atoms with Gasteiger partial charge in [-0.2, -0.15) is 0 Å². The summed E-state index contributed by atoms with van der Waals surface area (Å²) in [5.41, 5.74) is 0. The summed E-state index contributed by atoms with van der Waals surface area (Å²) in [7, 11) is 0. The molecule has 0 saturated carbocycles. The summed E-state index contributed by atoms with van der Waals surface area (Å²) in [6.07, 6.45) is 4.64. The minimum atomic E-state index is 0. The Morgan fingerprint density at radius 3 is 2.88 bits per heavy atom. The molecule has 16 heavy (non-hydrogen) atoms. The average molecular weight is 249 g/mol. The van der Waals surface area contributed by atoms with E-state index in [0.717, 1.165) is 38.4 Å². The van der Waals surface area contributed by atoms with Crippen molar-refractivity contribution in [2.75, 3.05) is 19.6 Å². The highest BCUT2D eigenvalue weighted by atomic mass is 35.5. The maximum atomic E-state index is 11.5. The van der Waals surface area contributed by atoms with Crippen molar-refractivity contribution in [1.29, 1.82) is 0 Å². The average Bonchev–Trinajstić information content (AvgIpc) is 2.29. The van der Waals surface area contributed by atoms with Gasteiger partial charge in [0.15, 0.2) is 0 Å². The van der Waals surface area contributed by atoms with Gasteiger partial charge in [0, 0.05) is 12.5 Å². The molecule has 1 heterocycles. The second kappa shape index (κ2) is 8.82. The molecule has 1 fully saturated rings. The van der Waals surface area contributed by atoms with Gasteiger partial charge in [0.2, 0.25) is 5.91 Å². The monoisotopic (exact) mass is 248 g/mol. The molecule has 2 atom stereocenters. The fourth-order valence-electron chi connectivity index (χ4n) is 1.93. The summed E-state index contributed by atoms with van der Waals surface area (Å²) < 4.78 is 0. The number of halogens is 1. The lowest BCUT2D eigenvalue weighted by Crippen LogP contribution is -2.34. The van der Waals surface area contributed by atoms with Gasteiger partial charge in [-0.05, 0) is 44.7 Å². The molecule has 2 unspecified atom stereocenters. The van der Waals surface area contributed by atoms with E-state index in [2.05, 4.69) is 17.6 Å². The molecule has 2 N–H and O–H groups in total. The maximum absolute atomic E-state index is 11.5. The molecule has 0 aromatic heterocycles. The van der Waals surface area contributed by atoms with Crippen LogP contribution in [-0.2, 0) is 4.79 Å². The van der Waals surface area contributed by atoms with Crippen LogP contribution in [0.4, 0.5) is 0 Å². The molecule has 1 amide bonds. The van der Waals surface area contributed by atoms with E-state index >= 15 is 0 Å². The van der Waals surface area contributed by atoms with Crippen LogP contribution in [0, 0.1) is 11.8 Å². The summed E-state index contributed by atoms with van der Waals surface area (Å²) in [5, 5.41) is 6.41. The van der Waals surface area contributed by atoms with Crippen LogP contribution in [-0.4, -0.2) is 25.5 Å². The van der Waals surface area contributed by atoms with Crippen LogP contribution in [0.1, 0.15) is 39.5 Å². The molecular formula is C12H25ClN2O. The fraction of sp³-hybridized carbons (Fsp3) is 0.917. The Morgan fingerprint density at radius 1 is 1.56 bits per heavy atom. The number of amides is 1. The Hall–Kier alpha value is -0.280. The third-order valence-corrected chi connectivity index (χ3v) is 3.31. The van der Waals surface area contributed by atoms with Gasteiger partial charge >= 0.3 is 0 Å². The summed E-state index contributed by atoms with van der Waals surface area (Å²) in [5.74, 6) is 1.13. The lowest BCUT2D eigenvalue weighted by molar-refractivity contribution is -0.124. The van der Waals surface area contributed by atoms with E-state index in [1.54, 1.807) is 0 Å². The number of carbonyl (C=O) groups is 1. The zero-order valence-electron chi connectivity index (χ0n) is 10.4. The van der Waals surface area contributed by atoms with Crippen LogP contribution in [0.15, 0.2) is 0 Å². The standard InChI is InChI=1S/C12H24N2O.ClH/c1-3-10(2)12(15)14-8-6-11-5-4-7-13-9-11;/h10-11,13H,3-9H2,1-2H3,(H,14,15);1H. The normalized spacial score (nSPS) is 22.0. The minimum absolute atomic E-state index is 0. The number of hydrogen-bond acceptors (Lipinski definition) is 2. The Bertz CT molecular complexity index is 193. The third kappa shape index (κ3) is 5.71. The smallest absolute Gasteiger partial charge is 0.222 e. The summed E-state index contributed by atoms with van der Waals surface area (Å²) in [6.45, 7) is 7.16. The zero-order chi connectivity index (χ0) is 11.1. The predicted molar refractivity (Wildman–Crippen MR) is 69.9 cm³/mol. The summed E-state index contributed by atoms with van der Waals surface area (Å²) in [6, 6.07) is 0. The molecule has 4 heteroatoms. The van der Waals surface area contributed by atoms with E-state index in [9.17, 15) is 4.79 Å². The topological polar surface area (TPSA) is 41.1 Å². The Kier molecular flexibility index (Phi) is 8.67. The molecule has 0 aliphatic carbocycles. The second-order valence-corrected chi connectivity index (χ2v) is 4.60. The van der Waals surface area contributed by atoms with Gasteiger partial charge in [0.25, 0.3) is 0 Å². The Labute approximate surface area is 105 Å². The molecule has 0 aromatic rings. The first-order chi connectivity index (χ1) is 7.24. The van der Waals surface area contributed by atoms with E-state index in [1.165, 1.54) is 12.8 Å². The van der Waals surface area contributed by atoms with E-state index in [0.29, 0.717) is 0 Å². The van der Waals surface area contributed by atoms with Gasteiger partial charge in [0.1, 0.15) is 0 Å². The number of hydrogen-bond donors (Lipinski definition) is 2. The molecule has 96 valence electrons. The molecule has 0 radical (unpaired) electrons. The van der Waals surface area contributed by atoms with Crippen LogP contribution in [0.25, 0.3) is 0 Å². The van der Waals surface area contributed by atoms with Gasteiger partial charge in [0.05, 0.1) is 0 Å². The van der Waals surface area contributed by atoms with Crippen molar-refractivity contribution in [2.24, 2.45) is 11.8 Å². The fourth-order valence-corrected chi connectivity index (χ4v) is 1.93. The molecule has 1 saturated heterocycles. The second-order valence-electron chi connectivity index (χ2n) is 4.60. The van der Waals surface area contributed by atoms with Crippen LogP contribution < -0.4 is 10.6 Å². The van der Waals surface area contributed by atoms with Gasteiger partial charge in [-0.3, -0.25) is 4.79 Å². The van der Waals surface area contributed by atoms with Crippen molar-refractivity contribution < 1.29 is 4.79 Å². The van der Waals surface area contributed by atoms with E-state index in [1.807, 2.05) is 6.92 Å². The Balaban J connectivity index is 0.00000225. The van der Waals surface area contributed by atoms with Gasteiger partial charge in [-0.25, -0.2) is 0 Å². The van der Waals surface area contributed by atoms with Gasteiger partial charge < -0.3 is 10.6 Å². The molecule has 0 aromatic carbocycles. The van der Waals surface area contributed by atoms with E-state index in [4.69, 9.17) is 0 Å². The SMILES string of the molecule is CCC(C)C(=O)NCCC1CCCNC1.Cl. The molecule has 1 aliphatic rings. The molecular weight excluding hydrogens is 224 g/mol. The van der Waals surface area contributed by atoms with Crippen LogP contribution in [0.3, 0.4) is 0 Å². The highest BCUT2D eigenvalue weighted by molar-refractivity contribution is 5.85. The van der Waals surface area contributed by atoms with E-state index < -0.39 is 0 Å². The third-order valence-electron chi connectivity index (χ3n) is 3.31. The van der Waals surface area contributed by atoms with Crippen molar-refractivity contribution in [2.45, 2.75) is 39.5 Å². The van der Waals surface area contributed by atoms with Gasteiger partial charge in [-0.15, -0.1) is 12.4 Å². The van der Waals surface area contributed by atoms with Crippen molar-refractivity contribution in [3.8, 4) is 0 Å². The quantitative estimate of drug-likeness (QED) is 0.781. The van der Waals surface area contributed by atoms with Crippen molar-refractivity contribution in [3.63, 3.8) is 0 Å². The van der Waals surface area contributed by atoms with Crippen molar-refractivity contribution in [3.05, 3.63) is 0 Å². The lowest BCUT2D eigenvalue weighted by atomic mass is 9.96. The highest BCUT2D eigenvalue weighted by Crippen LogP contribution is 2.13. The first-order valence-electron chi connectivity index (χ1n) is 6.22. The lowest BCUT2D eigenvalue weighted by Gasteiger charge is -2.22. The molecule has 3 nitrogen and oxygen atoms in total. The highest BCUT2D eigenvalue weighted by Gasteiger charge is 2.14.